The van der Waals surface area contributed by atoms with E-state index in [1.54, 1.807) is 24.3 Å². The fraction of sp³-hybridized carbons (Fsp3) is 0.231. The van der Waals surface area contributed by atoms with Crippen LogP contribution in [0.2, 0.25) is 0 Å². The second kappa shape index (κ2) is 9.01. The lowest BCUT2D eigenvalue weighted by Gasteiger charge is -2.25. The highest BCUT2D eigenvalue weighted by atomic mass is 32.1. The Labute approximate surface area is 191 Å². The van der Waals surface area contributed by atoms with Crippen molar-refractivity contribution in [3.8, 4) is 5.75 Å². The number of carbonyl (C=O) groups is 2. The van der Waals surface area contributed by atoms with Crippen LogP contribution in [0.1, 0.15) is 35.9 Å². The van der Waals surface area contributed by atoms with E-state index in [2.05, 4.69) is 13.8 Å². The summed E-state index contributed by atoms with van der Waals surface area (Å²) in [6.07, 6.45) is 0. The fourth-order valence-electron chi connectivity index (χ4n) is 3.76. The zero-order chi connectivity index (χ0) is 22.8. The minimum atomic E-state index is -0.690. The number of aryl methyl sites for hydroxylation is 1. The summed E-state index contributed by atoms with van der Waals surface area (Å²) in [6, 6.07) is 17.4. The summed E-state index contributed by atoms with van der Waals surface area (Å²) in [5.41, 5.74) is 2.09. The van der Waals surface area contributed by atoms with Crippen LogP contribution in [-0.4, -0.2) is 23.4 Å². The molecule has 4 rings (SSSR count). The molecule has 1 aliphatic heterocycles. The van der Waals surface area contributed by atoms with E-state index < -0.39 is 17.7 Å². The molecule has 5 nitrogen and oxygen atoms in total. The molecule has 2 heterocycles. The number of aliphatic hydroxyl groups excluding tert-OH is 1. The molecule has 1 fully saturated rings. The van der Waals surface area contributed by atoms with E-state index >= 15 is 0 Å². The first-order chi connectivity index (χ1) is 15.4. The monoisotopic (exact) mass is 447 g/mol. The summed E-state index contributed by atoms with van der Waals surface area (Å²) in [5.74, 6) is -0.439. The van der Waals surface area contributed by atoms with Gasteiger partial charge >= 0.3 is 0 Å². The summed E-state index contributed by atoms with van der Waals surface area (Å²) in [7, 11) is 0. The number of ether oxygens (including phenoxy) is 1. The Kier molecular flexibility index (Phi) is 6.15. The van der Waals surface area contributed by atoms with Crippen LogP contribution < -0.4 is 9.64 Å². The molecule has 6 heteroatoms. The highest BCUT2D eigenvalue weighted by Gasteiger charge is 2.47. The minimum absolute atomic E-state index is 0.0940. The summed E-state index contributed by atoms with van der Waals surface area (Å²) < 4.78 is 5.71. The Morgan fingerprint density at radius 1 is 1.06 bits per heavy atom. The fourth-order valence-corrected chi connectivity index (χ4v) is 4.58. The predicted molar refractivity (Wildman–Crippen MR) is 127 cm³/mol. The van der Waals surface area contributed by atoms with Crippen molar-refractivity contribution in [3.05, 3.63) is 87.6 Å². The number of hydrogen-bond donors (Lipinski definition) is 1. The molecule has 0 aliphatic carbocycles. The molecule has 0 bridgehead atoms. The van der Waals surface area contributed by atoms with Crippen LogP contribution in [0.3, 0.4) is 0 Å². The molecule has 0 radical (unpaired) electrons. The molecule has 1 amide bonds. The topological polar surface area (TPSA) is 66.8 Å². The van der Waals surface area contributed by atoms with Crippen molar-refractivity contribution >= 4 is 34.5 Å². The summed E-state index contributed by atoms with van der Waals surface area (Å²) >= 11 is 1.45. The average Bonchev–Trinajstić information content (AvgIpc) is 3.40. The van der Waals surface area contributed by atoms with Gasteiger partial charge in [-0.25, -0.2) is 0 Å². The van der Waals surface area contributed by atoms with Gasteiger partial charge in [0, 0.05) is 16.1 Å². The maximum Gasteiger partial charge on any atom is 0.300 e. The van der Waals surface area contributed by atoms with Crippen LogP contribution in [0, 0.1) is 12.8 Å². The largest absolute Gasteiger partial charge is 0.507 e. The van der Waals surface area contributed by atoms with E-state index in [0.717, 1.165) is 10.4 Å². The first-order valence-corrected chi connectivity index (χ1v) is 11.4. The van der Waals surface area contributed by atoms with Gasteiger partial charge in [-0.05, 0) is 60.2 Å². The quantitative estimate of drug-likeness (QED) is 0.298. The van der Waals surface area contributed by atoms with Gasteiger partial charge in [-0.2, -0.15) is 0 Å². The van der Waals surface area contributed by atoms with Gasteiger partial charge in [0.1, 0.15) is 17.6 Å². The van der Waals surface area contributed by atoms with Crippen LogP contribution in [-0.2, 0) is 9.59 Å². The van der Waals surface area contributed by atoms with Crippen LogP contribution in [0.5, 0.6) is 5.75 Å². The Hall–Kier alpha value is -3.38. The molecule has 0 spiro atoms. The van der Waals surface area contributed by atoms with Gasteiger partial charge in [-0.1, -0.05) is 38.1 Å². The van der Waals surface area contributed by atoms with Crippen molar-refractivity contribution in [1.82, 2.24) is 0 Å². The van der Waals surface area contributed by atoms with Gasteiger partial charge in [0.25, 0.3) is 11.7 Å². The Bertz CT molecular complexity index is 1160. The van der Waals surface area contributed by atoms with Crippen molar-refractivity contribution < 1.29 is 19.4 Å². The number of hydrogen-bond acceptors (Lipinski definition) is 5. The van der Waals surface area contributed by atoms with Gasteiger partial charge < -0.3 is 9.84 Å². The molecule has 164 valence electrons. The van der Waals surface area contributed by atoms with Gasteiger partial charge in [0.05, 0.1) is 12.2 Å². The molecule has 1 saturated heterocycles. The van der Waals surface area contributed by atoms with E-state index in [4.69, 9.17) is 4.74 Å². The lowest BCUT2D eigenvalue weighted by molar-refractivity contribution is -0.132. The van der Waals surface area contributed by atoms with E-state index in [0.29, 0.717) is 29.5 Å². The minimum Gasteiger partial charge on any atom is -0.507 e. The molecule has 1 N–H and O–H groups in total. The van der Waals surface area contributed by atoms with Gasteiger partial charge in [0.15, 0.2) is 0 Å². The van der Waals surface area contributed by atoms with Crippen molar-refractivity contribution in [2.24, 2.45) is 5.92 Å². The average molecular weight is 448 g/mol. The normalized spacial score (nSPS) is 17.9. The van der Waals surface area contributed by atoms with Crippen molar-refractivity contribution in [2.45, 2.75) is 26.8 Å². The highest BCUT2D eigenvalue weighted by molar-refractivity contribution is 7.10. The van der Waals surface area contributed by atoms with E-state index in [9.17, 15) is 14.7 Å². The van der Waals surface area contributed by atoms with E-state index in [1.807, 2.05) is 48.7 Å². The maximum atomic E-state index is 13.1. The van der Waals surface area contributed by atoms with Crippen molar-refractivity contribution in [3.63, 3.8) is 0 Å². The molecule has 1 aromatic heterocycles. The third-order valence-corrected chi connectivity index (χ3v) is 6.27. The second-order valence-electron chi connectivity index (χ2n) is 8.20. The summed E-state index contributed by atoms with van der Waals surface area (Å²) in [5, 5.41) is 13.1. The highest BCUT2D eigenvalue weighted by Crippen LogP contribution is 2.44. The number of para-hydroxylation sites is 1. The number of Topliss-reactive ketones (excluding diaryl/α,β-unsaturated/α-hetero) is 1. The smallest absolute Gasteiger partial charge is 0.300 e. The maximum absolute atomic E-state index is 13.1. The third-order valence-electron chi connectivity index (χ3n) is 5.34. The number of anilines is 1. The molecule has 3 aromatic rings. The predicted octanol–water partition coefficient (Wildman–Crippen LogP) is 5.72. The van der Waals surface area contributed by atoms with Crippen LogP contribution >= 0.6 is 11.3 Å². The Balaban J connectivity index is 1.79. The first-order valence-electron chi connectivity index (χ1n) is 10.5. The first kappa shape index (κ1) is 21.8. The summed E-state index contributed by atoms with van der Waals surface area (Å²) in [6.45, 7) is 6.62. The number of benzene rings is 2. The molecular formula is C26H25NO4S. The molecule has 0 saturated carbocycles. The van der Waals surface area contributed by atoms with Gasteiger partial charge in [-0.3, -0.25) is 14.5 Å². The second-order valence-corrected chi connectivity index (χ2v) is 9.18. The van der Waals surface area contributed by atoms with Crippen LogP contribution in [0.4, 0.5) is 5.69 Å². The lowest BCUT2D eigenvalue weighted by atomic mass is 9.99. The Morgan fingerprint density at radius 3 is 2.41 bits per heavy atom. The zero-order valence-electron chi connectivity index (χ0n) is 18.2. The number of nitrogens with zero attached hydrogens (tertiary/aromatic N) is 1. The molecule has 1 atom stereocenters. The molecule has 32 heavy (non-hydrogen) atoms. The molecule has 1 unspecified atom stereocenters. The standard InChI is InChI=1S/C26H25NO4S/c1-16(2)15-31-19-12-10-18(11-13-19)24(28)22-23(21-9-6-14-32-21)27(26(30)25(22)29)20-8-5-4-7-17(20)3/h4-14,16,23,28H,15H2,1-3H3/b24-22-. The van der Waals surface area contributed by atoms with Crippen LogP contribution in [0.15, 0.2) is 71.6 Å². The third kappa shape index (κ3) is 4.06. The molecular weight excluding hydrogens is 422 g/mol. The van der Waals surface area contributed by atoms with Gasteiger partial charge in [-0.15, -0.1) is 11.3 Å². The van der Waals surface area contributed by atoms with Crippen molar-refractivity contribution in [1.29, 1.82) is 0 Å². The molecule has 1 aliphatic rings. The lowest BCUT2D eigenvalue weighted by Crippen LogP contribution is -2.29. The number of aliphatic hydroxyl groups is 1. The van der Waals surface area contributed by atoms with Gasteiger partial charge in [0.2, 0.25) is 0 Å². The van der Waals surface area contributed by atoms with E-state index in [-0.39, 0.29) is 11.3 Å². The number of amides is 1. The van der Waals surface area contributed by atoms with Crippen molar-refractivity contribution in [2.75, 3.05) is 11.5 Å². The van der Waals surface area contributed by atoms with E-state index in [1.165, 1.54) is 16.2 Å². The Morgan fingerprint density at radius 2 is 1.78 bits per heavy atom. The van der Waals surface area contributed by atoms with Crippen LogP contribution in [0.25, 0.3) is 5.76 Å². The number of carbonyl (C=O) groups excluding carboxylic acids is 2. The SMILES string of the molecule is Cc1ccccc1N1C(=O)C(=O)/C(=C(\O)c2ccc(OCC(C)C)cc2)C1c1cccs1. The number of thiophene rings is 1. The number of ketones is 1. The zero-order valence-corrected chi connectivity index (χ0v) is 19.1. The number of rotatable bonds is 6. The summed E-state index contributed by atoms with van der Waals surface area (Å²) in [4.78, 5) is 28.6. The molecule has 2 aromatic carbocycles.